The molecule has 0 aliphatic carbocycles. The van der Waals surface area contributed by atoms with E-state index in [4.69, 9.17) is 0 Å². The first-order valence-electron chi connectivity index (χ1n) is 4.84. The highest BCUT2D eigenvalue weighted by atomic mass is 19.4. The fraction of sp³-hybridized carbons (Fsp3) is 0.455. The van der Waals surface area contributed by atoms with Crippen LogP contribution in [0.5, 0.6) is 0 Å². The van der Waals surface area contributed by atoms with E-state index in [1.807, 2.05) is 30.3 Å². The van der Waals surface area contributed by atoms with E-state index in [2.05, 4.69) is 0 Å². The van der Waals surface area contributed by atoms with Gasteiger partial charge in [-0.3, -0.25) is 4.90 Å². The van der Waals surface area contributed by atoms with Gasteiger partial charge in [-0.2, -0.15) is 13.2 Å². The second-order valence-corrected chi connectivity index (χ2v) is 3.40. The molecule has 15 heavy (non-hydrogen) atoms. The van der Waals surface area contributed by atoms with Gasteiger partial charge in [-0.1, -0.05) is 37.3 Å². The van der Waals surface area contributed by atoms with Gasteiger partial charge in [0.1, 0.15) is 0 Å². The largest absolute Gasteiger partial charge is 0.401 e. The first kappa shape index (κ1) is 12.0. The van der Waals surface area contributed by atoms with Crippen LogP contribution < -0.4 is 0 Å². The molecule has 84 valence electrons. The van der Waals surface area contributed by atoms with Gasteiger partial charge in [-0.25, -0.2) is 0 Å². The molecular weight excluding hydrogens is 203 g/mol. The second-order valence-electron chi connectivity index (χ2n) is 3.40. The van der Waals surface area contributed by atoms with Gasteiger partial charge in [0.15, 0.2) is 0 Å². The quantitative estimate of drug-likeness (QED) is 0.749. The Balaban J connectivity index is 2.55. The summed E-state index contributed by atoms with van der Waals surface area (Å²) in [5, 5.41) is 0. The number of alkyl halides is 3. The molecule has 0 aromatic heterocycles. The van der Waals surface area contributed by atoms with E-state index in [0.717, 1.165) is 5.56 Å². The highest BCUT2D eigenvalue weighted by Crippen LogP contribution is 2.17. The molecule has 4 heteroatoms. The van der Waals surface area contributed by atoms with Gasteiger partial charge in [-0.05, 0) is 12.1 Å². The number of hydrogen-bond acceptors (Lipinski definition) is 1. The molecule has 0 atom stereocenters. The Bertz CT molecular complexity index is 282. The molecule has 1 rings (SSSR count). The minimum absolute atomic E-state index is 0.344. The van der Waals surface area contributed by atoms with Crippen molar-refractivity contribution in [3.8, 4) is 0 Å². The molecule has 0 heterocycles. The molecule has 0 aliphatic heterocycles. The number of hydrogen-bond donors (Lipinski definition) is 0. The van der Waals surface area contributed by atoms with Crippen LogP contribution in [-0.4, -0.2) is 24.2 Å². The number of rotatable bonds is 4. The molecule has 0 saturated heterocycles. The highest BCUT2D eigenvalue weighted by molar-refractivity contribution is 5.14. The lowest BCUT2D eigenvalue weighted by molar-refractivity contribution is -0.146. The van der Waals surface area contributed by atoms with Crippen molar-refractivity contribution in [3.05, 3.63) is 35.9 Å². The molecule has 1 nitrogen and oxygen atoms in total. The molecule has 0 amide bonds. The Kier molecular flexibility index (Phi) is 4.15. The molecular formula is C11H14F3N. The lowest BCUT2D eigenvalue weighted by atomic mass is 10.2. The van der Waals surface area contributed by atoms with Crippen LogP contribution in [0.1, 0.15) is 12.5 Å². The lowest BCUT2D eigenvalue weighted by Crippen LogP contribution is -2.33. The van der Waals surface area contributed by atoms with Crippen LogP contribution in [0.25, 0.3) is 0 Å². The maximum absolute atomic E-state index is 12.2. The van der Waals surface area contributed by atoms with Crippen molar-refractivity contribution in [2.24, 2.45) is 0 Å². The van der Waals surface area contributed by atoms with Crippen molar-refractivity contribution in [3.63, 3.8) is 0 Å². The maximum Gasteiger partial charge on any atom is 0.401 e. The summed E-state index contributed by atoms with van der Waals surface area (Å²) in [7, 11) is 0. The molecule has 0 bridgehead atoms. The second kappa shape index (κ2) is 5.16. The molecule has 0 aliphatic rings. The molecule has 0 unspecified atom stereocenters. The molecule has 0 saturated carbocycles. The van der Waals surface area contributed by atoms with Crippen molar-refractivity contribution < 1.29 is 13.2 Å². The molecule has 1 aromatic rings. The average molecular weight is 217 g/mol. The summed E-state index contributed by atoms with van der Waals surface area (Å²) in [5.41, 5.74) is 0.906. The normalized spacial score (nSPS) is 12.1. The van der Waals surface area contributed by atoms with E-state index in [9.17, 15) is 13.2 Å². The van der Waals surface area contributed by atoms with Crippen LogP contribution in [0.15, 0.2) is 30.3 Å². The SMILES string of the molecule is CCN(Cc1ccccc1)CC(F)(F)F. The summed E-state index contributed by atoms with van der Waals surface area (Å²) in [6.07, 6.45) is -4.12. The third kappa shape index (κ3) is 4.83. The molecule has 0 fully saturated rings. The van der Waals surface area contributed by atoms with Gasteiger partial charge in [0, 0.05) is 6.54 Å². The summed E-state index contributed by atoms with van der Waals surface area (Å²) >= 11 is 0. The number of benzene rings is 1. The monoisotopic (exact) mass is 217 g/mol. The van der Waals surface area contributed by atoms with Crippen molar-refractivity contribution in [1.82, 2.24) is 4.90 Å². The lowest BCUT2D eigenvalue weighted by Gasteiger charge is -2.21. The predicted molar refractivity (Wildman–Crippen MR) is 53.4 cm³/mol. The van der Waals surface area contributed by atoms with Crippen LogP contribution in [0, 0.1) is 0 Å². The van der Waals surface area contributed by atoms with Gasteiger partial charge in [0.2, 0.25) is 0 Å². The molecule has 0 N–H and O–H groups in total. The zero-order chi connectivity index (χ0) is 11.3. The van der Waals surface area contributed by atoms with Crippen molar-refractivity contribution in [2.75, 3.05) is 13.1 Å². The highest BCUT2D eigenvalue weighted by Gasteiger charge is 2.29. The Labute approximate surface area is 87.5 Å². The fourth-order valence-electron chi connectivity index (χ4n) is 1.37. The van der Waals surface area contributed by atoms with E-state index < -0.39 is 12.7 Å². The van der Waals surface area contributed by atoms with Crippen LogP contribution in [0.3, 0.4) is 0 Å². The topological polar surface area (TPSA) is 3.24 Å². The Hall–Kier alpha value is -1.03. The van der Waals surface area contributed by atoms with Crippen LogP contribution in [-0.2, 0) is 6.54 Å². The third-order valence-corrected chi connectivity index (χ3v) is 2.10. The van der Waals surface area contributed by atoms with E-state index >= 15 is 0 Å². The maximum atomic E-state index is 12.2. The van der Waals surface area contributed by atoms with E-state index in [-0.39, 0.29) is 0 Å². The third-order valence-electron chi connectivity index (χ3n) is 2.10. The summed E-state index contributed by atoms with van der Waals surface area (Å²) in [5.74, 6) is 0. The zero-order valence-electron chi connectivity index (χ0n) is 8.59. The van der Waals surface area contributed by atoms with Gasteiger partial charge >= 0.3 is 6.18 Å². The van der Waals surface area contributed by atoms with Gasteiger partial charge in [0.05, 0.1) is 6.54 Å². The molecule has 1 aromatic carbocycles. The summed E-state index contributed by atoms with van der Waals surface area (Å²) in [6.45, 7) is 1.62. The van der Waals surface area contributed by atoms with Crippen molar-refractivity contribution >= 4 is 0 Å². The first-order valence-corrected chi connectivity index (χ1v) is 4.84. The van der Waals surface area contributed by atoms with Crippen LogP contribution in [0.2, 0.25) is 0 Å². The Morgan fingerprint density at radius 2 is 1.73 bits per heavy atom. The number of nitrogens with zero attached hydrogens (tertiary/aromatic N) is 1. The zero-order valence-corrected chi connectivity index (χ0v) is 8.59. The Morgan fingerprint density at radius 1 is 1.13 bits per heavy atom. The predicted octanol–water partition coefficient (Wildman–Crippen LogP) is 3.07. The first-order chi connectivity index (χ1) is 7.01. The van der Waals surface area contributed by atoms with E-state index in [1.54, 1.807) is 6.92 Å². The summed E-state index contributed by atoms with van der Waals surface area (Å²) < 4.78 is 36.5. The Morgan fingerprint density at radius 3 is 2.20 bits per heavy atom. The van der Waals surface area contributed by atoms with E-state index in [0.29, 0.717) is 13.1 Å². The van der Waals surface area contributed by atoms with Crippen molar-refractivity contribution in [2.45, 2.75) is 19.6 Å². The van der Waals surface area contributed by atoms with Gasteiger partial charge in [-0.15, -0.1) is 0 Å². The van der Waals surface area contributed by atoms with Gasteiger partial charge < -0.3 is 0 Å². The summed E-state index contributed by atoms with van der Waals surface area (Å²) in [6, 6.07) is 9.18. The molecule has 0 spiro atoms. The van der Waals surface area contributed by atoms with E-state index in [1.165, 1.54) is 4.90 Å². The molecule has 0 radical (unpaired) electrons. The van der Waals surface area contributed by atoms with Crippen LogP contribution >= 0.6 is 0 Å². The standard InChI is InChI=1S/C11H14F3N/c1-2-15(9-11(12,13)14)8-10-6-4-3-5-7-10/h3-7H,2,8-9H2,1H3. The number of halogens is 3. The summed E-state index contributed by atoms with van der Waals surface area (Å²) in [4.78, 5) is 1.37. The van der Waals surface area contributed by atoms with Crippen LogP contribution in [0.4, 0.5) is 13.2 Å². The minimum atomic E-state index is -4.12. The smallest absolute Gasteiger partial charge is 0.291 e. The fourth-order valence-corrected chi connectivity index (χ4v) is 1.37. The minimum Gasteiger partial charge on any atom is -0.291 e. The van der Waals surface area contributed by atoms with Crippen molar-refractivity contribution in [1.29, 1.82) is 0 Å². The average Bonchev–Trinajstić information content (AvgIpc) is 2.16. The van der Waals surface area contributed by atoms with Gasteiger partial charge in [0.25, 0.3) is 0 Å².